The number of carbonyl (C=O) groups excluding carboxylic acids is 2. The number of carbonyl (C=O) groups is 2. The molecule has 0 aliphatic carbocycles. The maximum atomic E-state index is 13.6. The molecule has 3 amide bonds. The van der Waals surface area contributed by atoms with E-state index >= 15 is 0 Å². The highest BCUT2D eigenvalue weighted by molar-refractivity contribution is 5.92. The highest BCUT2D eigenvalue weighted by atomic mass is 16.2. The molecule has 1 aromatic heterocycles. The fourth-order valence-corrected chi connectivity index (χ4v) is 4.50. The number of anilines is 1. The maximum absolute atomic E-state index is 13.6. The molecule has 0 saturated carbocycles. The van der Waals surface area contributed by atoms with E-state index in [0.29, 0.717) is 19.6 Å². The number of hydrogen-bond donors (Lipinski definition) is 2. The van der Waals surface area contributed by atoms with Gasteiger partial charge in [-0.1, -0.05) is 61.5 Å². The molecule has 0 bridgehead atoms. The molecule has 0 saturated heterocycles. The second-order valence-corrected chi connectivity index (χ2v) is 9.56. The largest absolute Gasteiger partial charge is 0.361 e. The van der Waals surface area contributed by atoms with Gasteiger partial charge in [0.1, 0.15) is 6.54 Å². The van der Waals surface area contributed by atoms with Gasteiger partial charge in [-0.3, -0.25) is 4.79 Å². The normalized spacial score (nSPS) is 10.9. The molecule has 3 aromatic carbocycles. The van der Waals surface area contributed by atoms with Crippen LogP contribution in [0.2, 0.25) is 0 Å². The molecule has 192 valence electrons. The number of benzene rings is 3. The number of aromatic nitrogens is 1. The number of aryl methyl sites for hydroxylation is 2. The van der Waals surface area contributed by atoms with Crippen LogP contribution in [0, 0.1) is 13.8 Å². The Morgan fingerprint density at radius 3 is 2.38 bits per heavy atom. The lowest BCUT2D eigenvalue weighted by molar-refractivity contribution is -0.132. The molecule has 0 atom stereocenters. The van der Waals surface area contributed by atoms with Gasteiger partial charge in [0.05, 0.1) is 0 Å². The zero-order valence-corrected chi connectivity index (χ0v) is 22.0. The minimum Gasteiger partial charge on any atom is -0.361 e. The molecule has 0 spiro atoms. The Balaban J connectivity index is 1.48. The molecule has 0 radical (unpaired) electrons. The Hall–Kier alpha value is -4.06. The van der Waals surface area contributed by atoms with Crippen LogP contribution in [0.5, 0.6) is 0 Å². The van der Waals surface area contributed by atoms with Crippen molar-refractivity contribution in [3.05, 3.63) is 101 Å². The Morgan fingerprint density at radius 2 is 1.62 bits per heavy atom. The number of urea groups is 1. The van der Waals surface area contributed by atoms with Crippen molar-refractivity contribution in [1.82, 2.24) is 14.8 Å². The summed E-state index contributed by atoms with van der Waals surface area (Å²) in [6.45, 7) is 7.68. The summed E-state index contributed by atoms with van der Waals surface area (Å²) in [7, 11) is 0. The summed E-state index contributed by atoms with van der Waals surface area (Å²) in [6, 6.07) is 23.8. The fraction of sp³-hybridized carbons (Fsp3) is 0.290. The molecule has 37 heavy (non-hydrogen) atoms. The summed E-state index contributed by atoms with van der Waals surface area (Å²) in [6.07, 6.45) is 3.52. The number of para-hydroxylation sites is 1. The van der Waals surface area contributed by atoms with Crippen molar-refractivity contribution in [2.24, 2.45) is 0 Å². The topological polar surface area (TPSA) is 68.4 Å². The van der Waals surface area contributed by atoms with Crippen LogP contribution in [0.25, 0.3) is 10.9 Å². The molecule has 2 N–H and O–H groups in total. The first kappa shape index (κ1) is 26.0. The van der Waals surface area contributed by atoms with Crippen molar-refractivity contribution in [3.8, 4) is 0 Å². The lowest BCUT2D eigenvalue weighted by Gasteiger charge is -2.28. The van der Waals surface area contributed by atoms with E-state index in [1.165, 1.54) is 16.5 Å². The Labute approximate surface area is 219 Å². The lowest BCUT2D eigenvalue weighted by Crippen LogP contribution is -2.45. The molecule has 0 aliphatic heterocycles. The zero-order valence-electron chi connectivity index (χ0n) is 22.0. The average molecular weight is 497 g/mol. The summed E-state index contributed by atoms with van der Waals surface area (Å²) in [5.74, 6) is -0.0626. The van der Waals surface area contributed by atoms with Gasteiger partial charge in [-0.05, 0) is 67.1 Å². The maximum Gasteiger partial charge on any atom is 0.322 e. The second kappa shape index (κ2) is 12.3. The first-order valence-corrected chi connectivity index (χ1v) is 12.9. The average Bonchev–Trinajstić information content (AvgIpc) is 3.32. The number of amides is 3. The third kappa shape index (κ3) is 6.79. The molecule has 0 fully saturated rings. The van der Waals surface area contributed by atoms with Gasteiger partial charge < -0.3 is 20.1 Å². The molecule has 4 rings (SSSR count). The zero-order chi connectivity index (χ0) is 26.2. The molecule has 1 heterocycles. The van der Waals surface area contributed by atoms with Crippen molar-refractivity contribution in [1.29, 1.82) is 0 Å². The van der Waals surface area contributed by atoms with E-state index in [2.05, 4.69) is 22.4 Å². The van der Waals surface area contributed by atoms with Gasteiger partial charge in [-0.15, -0.1) is 0 Å². The van der Waals surface area contributed by atoms with Crippen molar-refractivity contribution < 1.29 is 9.59 Å². The predicted octanol–water partition coefficient (Wildman–Crippen LogP) is 6.30. The quantitative estimate of drug-likeness (QED) is 0.271. The molecule has 6 nitrogen and oxygen atoms in total. The van der Waals surface area contributed by atoms with Crippen molar-refractivity contribution in [3.63, 3.8) is 0 Å². The van der Waals surface area contributed by atoms with E-state index in [1.54, 1.807) is 4.90 Å². The fourth-order valence-electron chi connectivity index (χ4n) is 4.50. The van der Waals surface area contributed by atoms with Crippen LogP contribution in [0.1, 0.15) is 35.6 Å². The van der Waals surface area contributed by atoms with Gasteiger partial charge in [0.25, 0.3) is 0 Å². The molecule has 6 heteroatoms. The number of H-pyrrole nitrogens is 1. The molecule has 0 aliphatic rings. The van der Waals surface area contributed by atoms with E-state index in [0.717, 1.165) is 35.2 Å². The van der Waals surface area contributed by atoms with Gasteiger partial charge in [0.2, 0.25) is 5.91 Å². The summed E-state index contributed by atoms with van der Waals surface area (Å²) < 4.78 is 0. The number of nitrogens with zero attached hydrogens (tertiary/aromatic N) is 2. The molecular formula is C31H36N4O2. The van der Waals surface area contributed by atoms with Gasteiger partial charge >= 0.3 is 6.03 Å². The summed E-state index contributed by atoms with van der Waals surface area (Å²) in [5.41, 5.74) is 6.36. The molecule has 0 unspecified atom stereocenters. The van der Waals surface area contributed by atoms with Gasteiger partial charge in [0, 0.05) is 42.4 Å². The van der Waals surface area contributed by atoms with Crippen LogP contribution in [-0.4, -0.2) is 46.4 Å². The standard InChI is InChI=1S/C31H36N4O2/c1-4-17-35(31(37)33-27-15-14-23(2)24(3)19-27)22-30(36)34(21-25-10-6-5-7-11-25)18-16-26-20-32-29-13-9-8-12-28(26)29/h5-15,19-20,32H,4,16-18,21-22H2,1-3H3,(H,33,37). The van der Waals surface area contributed by atoms with Crippen LogP contribution < -0.4 is 5.32 Å². The Kier molecular flexibility index (Phi) is 8.62. The van der Waals surface area contributed by atoms with Crippen molar-refractivity contribution >= 4 is 28.5 Å². The van der Waals surface area contributed by atoms with Crippen LogP contribution in [0.4, 0.5) is 10.5 Å². The third-order valence-electron chi connectivity index (χ3n) is 6.76. The first-order chi connectivity index (χ1) is 17.9. The third-order valence-corrected chi connectivity index (χ3v) is 6.76. The molecular weight excluding hydrogens is 460 g/mol. The second-order valence-electron chi connectivity index (χ2n) is 9.56. The summed E-state index contributed by atoms with van der Waals surface area (Å²) in [5, 5.41) is 4.15. The van der Waals surface area contributed by atoms with E-state index in [9.17, 15) is 9.59 Å². The number of nitrogens with one attached hydrogen (secondary N) is 2. The Bertz CT molecular complexity index is 1350. The summed E-state index contributed by atoms with van der Waals surface area (Å²) >= 11 is 0. The summed E-state index contributed by atoms with van der Waals surface area (Å²) in [4.78, 5) is 33.6. The smallest absolute Gasteiger partial charge is 0.322 e. The van der Waals surface area contributed by atoms with E-state index in [-0.39, 0.29) is 18.5 Å². The number of aromatic amines is 1. The SMILES string of the molecule is CCCN(CC(=O)N(CCc1c[nH]c2ccccc12)Cc1ccccc1)C(=O)Nc1ccc(C)c(C)c1. The van der Waals surface area contributed by atoms with Crippen LogP contribution in [0.3, 0.4) is 0 Å². The number of fused-ring (bicyclic) bond motifs is 1. The van der Waals surface area contributed by atoms with Crippen molar-refractivity contribution in [2.75, 3.05) is 25.0 Å². The van der Waals surface area contributed by atoms with Crippen LogP contribution in [-0.2, 0) is 17.8 Å². The highest BCUT2D eigenvalue weighted by Crippen LogP contribution is 2.19. The minimum atomic E-state index is -0.255. The number of hydrogen-bond acceptors (Lipinski definition) is 2. The number of rotatable bonds is 10. The first-order valence-electron chi connectivity index (χ1n) is 12.9. The van der Waals surface area contributed by atoms with Crippen LogP contribution >= 0.6 is 0 Å². The van der Waals surface area contributed by atoms with Gasteiger partial charge in [-0.25, -0.2) is 4.79 Å². The molecule has 4 aromatic rings. The minimum absolute atomic E-state index is 0.0330. The predicted molar refractivity (Wildman–Crippen MR) is 151 cm³/mol. The highest BCUT2D eigenvalue weighted by Gasteiger charge is 2.22. The van der Waals surface area contributed by atoms with E-state index in [1.807, 2.05) is 92.5 Å². The van der Waals surface area contributed by atoms with Gasteiger partial charge in [0.15, 0.2) is 0 Å². The van der Waals surface area contributed by atoms with Crippen molar-refractivity contribution in [2.45, 2.75) is 40.2 Å². The van der Waals surface area contributed by atoms with E-state index in [4.69, 9.17) is 0 Å². The van der Waals surface area contributed by atoms with E-state index < -0.39 is 0 Å². The lowest BCUT2D eigenvalue weighted by atomic mass is 10.1. The Morgan fingerprint density at radius 1 is 0.865 bits per heavy atom. The monoisotopic (exact) mass is 496 g/mol. The van der Waals surface area contributed by atoms with Crippen LogP contribution in [0.15, 0.2) is 79.0 Å². The van der Waals surface area contributed by atoms with Gasteiger partial charge in [-0.2, -0.15) is 0 Å².